The third kappa shape index (κ3) is 9.20. The number of rotatable bonds is 8. The number of aliphatic imine (C=N–C) groups is 1. The number of benzene rings is 1. The first kappa shape index (κ1) is 26.7. The summed E-state index contributed by atoms with van der Waals surface area (Å²) in [4.78, 5) is 20.5. The molecule has 1 saturated heterocycles. The summed E-state index contributed by atoms with van der Waals surface area (Å²) >= 11 is 0. The van der Waals surface area contributed by atoms with Gasteiger partial charge in [-0.25, -0.2) is 0 Å². The Labute approximate surface area is 199 Å². The van der Waals surface area contributed by atoms with Gasteiger partial charge >= 0.3 is 0 Å². The van der Waals surface area contributed by atoms with E-state index in [0.29, 0.717) is 12.1 Å². The van der Waals surface area contributed by atoms with Gasteiger partial charge in [-0.2, -0.15) is 0 Å². The number of halogens is 1. The number of likely N-dealkylation sites (tertiary alicyclic amines) is 1. The van der Waals surface area contributed by atoms with E-state index in [4.69, 9.17) is 0 Å². The minimum Gasteiger partial charge on any atom is -0.356 e. The molecule has 2 rings (SSSR count). The van der Waals surface area contributed by atoms with Crippen LogP contribution in [0.25, 0.3) is 0 Å². The monoisotopic (exact) mass is 529 g/mol. The Morgan fingerprint density at radius 1 is 1.10 bits per heavy atom. The zero-order chi connectivity index (χ0) is 21.2. The summed E-state index contributed by atoms with van der Waals surface area (Å²) in [5.41, 5.74) is 1.83. The second kappa shape index (κ2) is 13.9. The van der Waals surface area contributed by atoms with Gasteiger partial charge in [0.05, 0.1) is 0 Å². The van der Waals surface area contributed by atoms with Crippen molar-refractivity contribution in [3.8, 4) is 0 Å². The second-order valence-corrected chi connectivity index (χ2v) is 8.66. The van der Waals surface area contributed by atoms with Gasteiger partial charge in [0.2, 0.25) is 0 Å². The Bertz CT molecular complexity index is 652. The van der Waals surface area contributed by atoms with Crippen molar-refractivity contribution >= 4 is 35.8 Å². The molecule has 2 unspecified atom stereocenters. The van der Waals surface area contributed by atoms with E-state index in [1.807, 2.05) is 24.3 Å². The summed E-state index contributed by atoms with van der Waals surface area (Å²) in [5, 5.41) is 6.74. The van der Waals surface area contributed by atoms with Gasteiger partial charge in [-0.15, -0.1) is 24.0 Å². The normalized spacial score (nSPS) is 19.7. The lowest BCUT2D eigenvalue weighted by Crippen LogP contribution is -2.40. The fourth-order valence-electron chi connectivity index (χ4n) is 4.07. The molecular formula is C23H40IN5O. The Balaban J connectivity index is 0.00000450. The van der Waals surface area contributed by atoms with Crippen molar-refractivity contribution in [1.82, 2.24) is 20.4 Å². The molecule has 6 nitrogen and oxygen atoms in total. The van der Waals surface area contributed by atoms with Crippen molar-refractivity contribution in [1.29, 1.82) is 0 Å². The van der Waals surface area contributed by atoms with Gasteiger partial charge in [-0.05, 0) is 55.3 Å². The molecule has 0 radical (unpaired) electrons. The van der Waals surface area contributed by atoms with Crippen LogP contribution in [-0.2, 0) is 6.54 Å². The van der Waals surface area contributed by atoms with Gasteiger partial charge in [0, 0.05) is 52.9 Å². The molecule has 0 spiro atoms. The van der Waals surface area contributed by atoms with Gasteiger partial charge in [0.25, 0.3) is 5.91 Å². The van der Waals surface area contributed by atoms with E-state index in [9.17, 15) is 4.79 Å². The third-order valence-corrected chi connectivity index (χ3v) is 5.43. The zero-order valence-corrected chi connectivity index (χ0v) is 21.6. The summed E-state index contributed by atoms with van der Waals surface area (Å²) in [7, 11) is 5.33. The van der Waals surface area contributed by atoms with Crippen LogP contribution in [0.5, 0.6) is 0 Å². The molecule has 170 valence electrons. The van der Waals surface area contributed by atoms with E-state index in [1.165, 1.54) is 32.5 Å². The van der Waals surface area contributed by atoms with Gasteiger partial charge < -0.3 is 20.4 Å². The van der Waals surface area contributed by atoms with Crippen LogP contribution >= 0.6 is 24.0 Å². The molecule has 0 bridgehead atoms. The minimum atomic E-state index is 0. The minimum absolute atomic E-state index is 0. The average Bonchev–Trinajstić information content (AvgIpc) is 2.69. The topological polar surface area (TPSA) is 60.0 Å². The summed E-state index contributed by atoms with van der Waals surface area (Å²) in [5.74, 6) is 2.50. The van der Waals surface area contributed by atoms with Gasteiger partial charge in [0.15, 0.2) is 5.96 Å². The van der Waals surface area contributed by atoms with Crippen molar-refractivity contribution in [2.45, 2.75) is 39.7 Å². The number of carbonyl (C=O) groups excluding carboxylic acids is 1. The van der Waals surface area contributed by atoms with Gasteiger partial charge in [-0.1, -0.05) is 26.0 Å². The number of nitrogens with zero attached hydrogens (tertiary/aromatic N) is 3. The molecule has 1 aliphatic rings. The fourth-order valence-corrected chi connectivity index (χ4v) is 4.07. The molecule has 1 fully saturated rings. The van der Waals surface area contributed by atoms with Crippen LogP contribution in [0.4, 0.5) is 0 Å². The number of hydrogen-bond donors (Lipinski definition) is 2. The van der Waals surface area contributed by atoms with Crippen LogP contribution in [0.1, 0.15) is 49.0 Å². The van der Waals surface area contributed by atoms with Crippen LogP contribution in [-0.4, -0.2) is 69.0 Å². The van der Waals surface area contributed by atoms with Crippen molar-refractivity contribution in [3.05, 3.63) is 35.4 Å². The van der Waals surface area contributed by atoms with E-state index in [-0.39, 0.29) is 29.9 Å². The lowest BCUT2D eigenvalue weighted by Gasteiger charge is -2.34. The van der Waals surface area contributed by atoms with Crippen molar-refractivity contribution < 1.29 is 4.79 Å². The standard InChI is InChI=1S/C23H39N5O.HI/c1-18-14-19(2)17-28(16-18)13-7-6-12-25-23(24-3)26-15-20-8-10-21(11-9-20)22(29)27(4)5;/h8-11,18-19H,6-7,12-17H2,1-5H3,(H2,24,25,26);1H. The maximum Gasteiger partial charge on any atom is 0.253 e. The highest BCUT2D eigenvalue weighted by Crippen LogP contribution is 2.20. The fraction of sp³-hybridized carbons (Fsp3) is 0.652. The predicted octanol–water partition coefficient (Wildman–Crippen LogP) is 3.43. The number of amides is 1. The summed E-state index contributed by atoms with van der Waals surface area (Å²) < 4.78 is 0. The molecule has 2 atom stereocenters. The summed E-state index contributed by atoms with van der Waals surface area (Å²) in [6.45, 7) is 10.0. The molecule has 30 heavy (non-hydrogen) atoms. The molecule has 1 aromatic carbocycles. The summed E-state index contributed by atoms with van der Waals surface area (Å²) in [6, 6.07) is 7.71. The Morgan fingerprint density at radius 2 is 1.73 bits per heavy atom. The molecule has 1 aliphatic heterocycles. The number of piperidine rings is 1. The van der Waals surface area contributed by atoms with E-state index >= 15 is 0 Å². The quantitative estimate of drug-likeness (QED) is 0.235. The maximum atomic E-state index is 12.0. The van der Waals surface area contributed by atoms with E-state index in [0.717, 1.165) is 36.3 Å². The highest BCUT2D eigenvalue weighted by molar-refractivity contribution is 14.0. The predicted molar refractivity (Wildman–Crippen MR) is 137 cm³/mol. The molecule has 0 aliphatic carbocycles. The van der Waals surface area contributed by atoms with Crippen LogP contribution in [0.15, 0.2) is 29.3 Å². The van der Waals surface area contributed by atoms with Crippen LogP contribution in [0.3, 0.4) is 0 Å². The van der Waals surface area contributed by atoms with E-state index in [2.05, 4.69) is 34.4 Å². The Kier molecular flexibility index (Phi) is 12.3. The number of carbonyl (C=O) groups is 1. The number of unbranched alkanes of at least 4 members (excludes halogenated alkanes) is 1. The van der Waals surface area contributed by atoms with E-state index in [1.54, 1.807) is 26.0 Å². The SMILES string of the molecule is CN=C(NCCCCN1CC(C)CC(C)C1)NCc1ccc(C(=O)N(C)C)cc1.I. The molecular weight excluding hydrogens is 489 g/mol. The Morgan fingerprint density at radius 3 is 2.30 bits per heavy atom. The second-order valence-electron chi connectivity index (χ2n) is 8.66. The molecule has 1 aromatic rings. The zero-order valence-electron chi connectivity index (χ0n) is 19.3. The first-order chi connectivity index (χ1) is 13.9. The largest absolute Gasteiger partial charge is 0.356 e. The summed E-state index contributed by atoms with van der Waals surface area (Å²) in [6.07, 6.45) is 3.72. The molecule has 0 aromatic heterocycles. The lowest BCUT2D eigenvalue weighted by atomic mass is 9.92. The molecule has 0 saturated carbocycles. The van der Waals surface area contributed by atoms with Crippen LogP contribution < -0.4 is 10.6 Å². The van der Waals surface area contributed by atoms with Crippen molar-refractivity contribution in [2.24, 2.45) is 16.8 Å². The molecule has 1 amide bonds. The van der Waals surface area contributed by atoms with Crippen molar-refractivity contribution in [2.75, 3.05) is 47.3 Å². The molecule has 1 heterocycles. The van der Waals surface area contributed by atoms with Gasteiger partial charge in [0.1, 0.15) is 0 Å². The first-order valence-electron chi connectivity index (χ1n) is 10.9. The first-order valence-corrected chi connectivity index (χ1v) is 10.9. The Hall–Kier alpha value is -1.35. The number of hydrogen-bond acceptors (Lipinski definition) is 3. The smallest absolute Gasteiger partial charge is 0.253 e. The average molecular weight is 530 g/mol. The highest BCUT2D eigenvalue weighted by atomic mass is 127. The van der Waals surface area contributed by atoms with Crippen LogP contribution in [0.2, 0.25) is 0 Å². The lowest BCUT2D eigenvalue weighted by molar-refractivity contribution is 0.0827. The maximum absolute atomic E-state index is 12.0. The van der Waals surface area contributed by atoms with Crippen molar-refractivity contribution in [3.63, 3.8) is 0 Å². The number of nitrogens with one attached hydrogen (secondary N) is 2. The van der Waals surface area contributed by atoms with Gasteiger partial charge in [-0.3, -0.25) is 9.79 Å². The highest BCUT2D eigenvalue weighted by Gasteiger charge is 2.20. The van der Waals surface area contributed by atoms with Crippen LogP contribution in [0, 0.1) is 11.8 Å². The molecule has 7 heteroatoms. The third-order valence-electron chi connectivity index (χ3n) is 5.43. The number of guanidine groups is 1. The molecule has 2 N–H and O–H groups in total. The van der Waals surface area contributed by atoms with E-state index < -0.39 is 0 Å².